The van der Waals surface area contributed by atoms with Crippen molar-refractivity contribution in [1.29, 1.82) is 0 Å². The number of halogens is 1. The lowest BCUT2D eigenvalue weighted by molar-refractivity contribution is -0.129. The van der Waals surface area contributed by atoms with E-state index in [0.717, 1.165) is 5.56 Å². The number of benzene rings is 2. The molecule has 2 aliphatic heterocycles. The van der Waals surface area contributed by atoms with E-state index >= 15 is 0 Å². The molecule has 1 fully saturated rings. The van der Waals surface area contributed by atoms with Crippen LogP contribution in [0.25, 0.3) is 0 Å². The zero-order valence-corrected chi connectivity index (χ0v) is 18.3. The molecule has 2 atom stereocenters. The molecule has 3 N–H and O–H groups in total. The van der Waals surface area contributed by atoms with Crippen LogP contribution >= 0.6 is 0 Å². The maximum Gasteiger partial charge on any atom is 0.414 e. The average Bonchev–Trinajstić information content (AvgIpc) is 3.11. The Morgan fingerprint density at radius 1 is 1.30 bits per heavy atom. The highest BCUT2D eigenvalue weighted by Gasteiger charge is 2.39. The molecule has 0 bridgehead atoms. The first-order valence-electron chi connectivity index (χ1n) is 10.6. The van der Waals surface area contributed by atoms with Crippen LogP contribution in [0.15, 0.2) is 36.4 Å². The van der Waals surface area contributed by atoms with Crippen LogP contribution in [0, 0.1) is 5.82 Å². The van der Waals surface area contributed by atoms with Crippen LogP contribution in [-0.2, 0) is 17.9 Å². The standard InChI is InChI=1S/C23H25FN4O5/c1-27(2)23(32)33-14-6-7-17(24)13(10-14)11-25-18-5-3-4-15-16(18)12-28(22(15)31)19-8-9-20(29)26-21(19)30/h3-7,10,19,21,25,30H,8-9,11-12H2,1-2H3,(H,26,29). The van der Waals surface area contributed by atoms with Crippen LogP contribution in [0.5, 0.6) is 5.75 Å². The van der Waals surface area contributed by atoms with Gasteiger partial charge in [-0.1, -0.05) is 6.07 Å². The van der Waals surface area contributed by atoms with Gasteiger partial charge < -0.3 is 30.3 Å². The predicted octanol–water partition coefficient (Wildman–Crippen LogP) is 2.05. The van der Waals surface area contributed by atoms with E-state index in [9.17, 15) is 23.9 Å². The minimum absolute atomic E-state index is 0.103. The fourth-order valence-electron chi connectivity index (χ4n) is 4.02. The third kappa shape index (κ3) is 4.61. The molecule has 1 saturated heterocycles. The number of hydrogen-bond donors (Lipinski definition) is 3. The smallest absolute Gasteiger partial charge is 0.410 e. The molecule has 0 spiro atoms. The molecule has 174 valence electrons. The molecule has 2 aliphatic rings. The summed E-state index contributed by atoms with van der Waals surface area (Å²) in [6.45, 7) is 0.365. The molecule has 2 aromatic rings. The summed E-state index contributed by atoms with van der Waals surface area (Å²) in [5.74, 6) is -0.707. The molecular weight excluding hydrogens is 431 g/mol. The van der Waals surface area contributed by atoms with Gasteiger partial charge in [0.1, 0.15) is 17.8 Å². The van der Waals surface area contributed by atoms with Crippen molar-refractivity contribution >= 4 is 23.6 Å². The molecule has 9 nitrogen and oxygen atoms in total. The molecule has 2 aromatic carbocycles. The summed E-state index contributed by atoms with van der Waals surface area (Å²) < 4.78 is 19.6. The number of carbonyl (C=O) groups excluding carboxylic acids is 3. The summed E-state index contributed by atoms with van der Waals surface area (Å²) >= 11 is 0. The van der Waals surface area contributed by atoms with Gasteiger partial charge in [-0.2, -0.15) is 0 Å². The van der Waals surface area contributed by atoms with Gasteiger partial charge in [-0.25, -0.2) is 9.18 Å². The number of anilines is 1. The van der Waals surface area contributed by atoms with E-state index < -0.39 is 24.2 Å². The zero-order valence-electron chi connectivity index (χ0n) is 18.3. The molecule has 0 aliphatic carbocycles. The Balaban J connectivity index is 1.50. The van der Waals surface area contributed by atoms with Gasteiger partial charge in [-0.05, 0) is 36.8 Å². The van der Waals surface area contributed by atoms with Gasteiger partial charge in [-0.15, -0.1) is 0 Å². The number of ether oxygens (including phenoxy) is 1. The SMILES string of the molecule is CN(C)C(=O)Oc1ccc(F)c(CNc2cccc3c2CN(C2CCC(=O)NC2O)C3=O)c1. The predicted molar refractivity (Wildman–Crippen MR) is 117 cm³/mol. The van der Waals surface area contributed by atoms with Crippen molar-refractivity contribution in [3.8, 4) is 5.75 Å². The summed E-state index contributed by atoms with van der Waals surface area (Å²) in [7, 11) is 3.10. The van der Waals surface area contributed by atoms with E-state index in [1.165, 1.54) is 23.1 Å². The summed E-state index contributed by atoms with van der Waals surface area (Å²) in [6, 6.07) is 8.77. The largest absolute Gasteiger partial charge is 0.414 e. The molecule has 0 saturated carbocycles. The summed E-state index contributed by atoms with van der Waals surface area (Å²) in [4.78, 5) is 39.1. The molecule has 4 rings (SSSR count). The number of nitrogens with one attached hydrogen (secondary N) is 2. The van der Waals surface area contributed by atoms with Gasteiger partial charge in [0.25, 0.3) is 5.91 Å². The van der Waals surface area contributed by atoms with Gasteiger partial charge >= 0.3 is 6.09 Å². The van der Waals surface area contributed by atoms with Crippen LogP contribution < -0.4 is 15.4 Å². The number of rotatable bonds is 5. The molecule has 0 radical (unpaired) electrons. The van der Waals surface area contributed by atoms with E-state index in [-0.39, 0.29) is 37.1 Å². The second-order valence-corrected chi connectivity index (χ2v) is 8.25. The number of aliphatic hydroxyl groups excluding tert-OH is 1. The van der Waals surface area contributed by atoms with Gasteiger partial charge in [-0.3, -0.25) is 9.59 Å². The maximum atomic E-state index is 14.4. The summed E-state index contributed by atoms with van der Waals surface area (Å²) in [6.07, 6.45) is -1.08. The lowest BCUT2D eigenvalue weighted by atomic mass is 10.0. The van der Waals surface area contributed by atoms with Gasteiger partial charge in [0.15, 0.2) is 0 Å². The second kappa shape index (κ2) is 9.07. The van der Waals surface area contributed by atoms with Gasteiger partial charge in [0.2, 0.25) is 5.91 Å². The maximum absolute atomic E-state index is 14.4. The fraction of sp³-hybridized carbons (Fsp3) is 0.348. The van der Waals surface area contributed by atoms with Crippen LogP contribution in [0.4, 0.5) is 14.9 Å². The third-order valence-corrected chi connectivity index (χ3v) is 5.79. The van der Waals surface area contributed by atoms with Gasteiger partial charge in [0, 0.05) is 56.0 Å². The summed E-state index contributed by atoms with van der Waals surface area (Å²) in [5.41, 5.74) is 2.19. The number of fused-ring (bicyclic) bond motifs is 1. The van der Waals surface area contributed by atoms with Crippen molar-refractivity contribution in [2.75, 3.05) is 19.4 Å². The zero-order chi connectivity index (χ0) is 23.7. The number of aliphatic hydroxyl groups is 1. The van der Waals surface area contributed by atoms with Crippen molar-refractivity contribution in [3.05, 3.63) is 58.9 Å². The first-order chi connectivity index (χ1) is 15.7. The molecule has 2 unspecified atom stereocenters. The Kier molecular flexibility index (Phi) is 6.19. The molecule has 3 amide bonds. The lowest BCUT2D eigenvalue weighted by Gasteiger charge is -2.35. The average molecular weight is 456 g/mol. The first-order valence-corrected chi connectivity index (χ1v) is 10.6. The van der Waals surface area contributed by atoms with E-state index in [1.54, 1.807) is 37.2 Å². The number of piperidine rings is 1. The summed E-state index contributed by atoms with van der Waals surface area (Å²) in [5, 5.41) is 15.9. The molecule has 2 heterocycles. The molecule has 0 aromatic heterocycles. The Labute approximate surface area is 190 Å². The van der Waals surface area contributed by atoms with Crippen molar-refractivity contribution in [1.82, 2.24) is 15.1 Å². The van der Waals surface area contributed by atoms with Crippen LogP contribution in [0.1, 0.15) is 34.3 Å². The first kappa shape index (κ1) is 22.5. The Hall–Kier alpha value is -3.66. The highest BCUT2D eigenvalue weighted by molar-refractivity contribution is 6.00. The number of carbonyl (C=O) groups is 3. The Morgan fingerprint density at radius 3 is 2.82 bits per heavy atom. The number of nitrogens with zero attached hydrogens (tertiary/aromatic N) is 2. The topological polar surface area (TPSA) is 111 Å². The van der Waals surface area contributed by atoms with Gasteiger partial charge in [0.05, 0.1) is 6.04 Å². The Morgan fingerprint density at radius 2 is 2.09 bits per heavy atom. The third-order valence-electron chi connectivity index (χ3n) is 5.79. The normalized spacial score (nSPS) is 19.7. The lowest BCUT2D eigenvalue weighted by Crippen LogP contribution is -2.55. The molecule has 33 heavy (non-hydrogen) atoms. The van der Waals surface area contributed by atoms with Crippen molar-refractivity contribution in [2.24, 2.45) is 0 Å². The van der Waals surface area contributed by atoms with E-state index in [4.69, 9.17) is 4.74 Å². The minimum atomic E-state index is -1.12. The van der Waals surface area contributed by atoms with Crippen molar-refractivity contribution in [2.45, 2.75) is 38.2 Å². The van der Waals surface area contributed by atoms with E-state index in [2.05, 4.69) is 10.6 Å². The highest BCUT2D eigenvalue weighted by atomic mass is 19.1. The molecular formula is C23H25FN4O5. The van der Waals surface area contributed by atoms with Crippen LogP contribution in [0.3, 0.4) is 0 Å². The van der Waals surface area contributed by atoms with Crippen molar-refractivity contribution in [3.63, 3.8) is 0 Å². The fourth-order valence-corrected chi connectivity index (χ4v) is 4.02. The number of amides is 3. The quantitative estimate of drug-likeness (QED) is 0.635. The Bertz CT molecular complexity index is 1110. The second-order valence-electron chi connectivity index (χ2n) is 8.25. The van der Waals surface area contributed by atoms with Crippen LogP contribution in [-0.4, -0.2) is 59.2 Å². The van der Waals surface area contributed by atoms with E-state index in [1.807, 2.05) is 0 Å². The number of hydrogen-bond acceptors (Lipinski definition) is 6. The van der Waals surface area contributed by atoms with E-state index in [0.29, 0.717) is 23.2 Å². The molecule has 10 heteroatoms. The monoisotopic (exact) mass is 456 g/mol. The minimum Gasteiger partial charge on any atom is -0.410 e. The van der Waals surface area contributed by atoms with Crippen molar-refractivity contribution < 1.29 is 28.6 Å². The highest BCUT2D eigenvalue weighted by Crippen LogP contribution is 2.33. The van der Waals surface area contributed by atoms with Crippen LogP contribution in [0.2, 0.25) is 0 Å².